The fraction of sp³-hybridized carbons (Fsp3) is 0.421. The Morgan fingerprint density at radius 3 is 2.54 bits per heavy atom. The van der Waals surface area contributed by atoms with Gasteiger partial charge in [-0.2, -0.15) is 0 Å². The zero-order chi connectivity index (χ0) is 18.2. The van der Waals surface area contributed by atoms with Crippen molar-refractivity contribution in [2.75, 3.05) is 24.5 Å². The van der Waals surface area contributed by atoms with E-state index < -0.39 is 0 Å². The summed E-state index contributed by atoms with van der Waals surface area (Å²) in [5, 5.41) is 5.32. The highest BCUT2D eigenvalue weighted by Gasteiger charge is 2.11. The van der Waals surface area contributed by atoms with Crippen molar-refractivity contribution in [3.8, 4) is 0 Å². The molecule has 2 N–H and O–H groups in total. The topological polar surface area (TPSA) is 87.5 Å². The SMILES string of the molecule is O=C(CNC(=O)c1ccoc1)NCc1ccc(N2CCCCCC2)nc1. The molecule has 0 aliphatic carbocycles. The van der Waals surface area contributed by atoms with E-state index in [4.69, 9.17) is 4.42 Å². The number of nitrogens with one attached hydrogen (secondary N) is 2. The lowest BCUT2D eigenvalue weighted by Gasteiger charge is -2.21. The van der Waals surface area contributed by atoms with Crippen LogP contribution in [0.4, 0.5) is 5.82 Å². The Labute approximate surface area is 152 Å². The number of amides is 2. The minimum atomic E-state index is -0.336. The van der Waals surface area contributed by atoms with E-state index in [9.17, 15) is 9.59 Å². The largest absolute Gasteiger partial charge is 0.472 e. The Morgan fingerprint density at radius 2 is 1.88 bits per heavy atom. The van der Waals surface area contributed by atoms with Crippen molar-refractivity contribution >= 4 is 17.6 Å². The molecule has 0 radical (unpaired) electrons. The third kappa shape index (κ3) is 5.08. The van der Waals surface area contributed by atoms with Crippen LogP contribution in [0, 0.1) is 0 Å². The molecule has 7 nitrogen and oxygen atoms in total. The lowest BCUT2D eigenvalue weighted by molar-refractivity contribution is -0.120. The number of carbonyl (C=O) groups is 2. The van der Waals surface area contributed by atoms with Gasteiger partial charge in [-0.1, -0.05) is 18.9 Å². The third-order valence-electron chi connectivity index (χ3n) is 4.42. The van der Waals surface area contributed by atoms with Gasteiger partial charge in [0.05, 0.1) is 18.4 Å². The Balaban J connectivity index is 1.42. The van der Waals surface area contributed by atoms with E-state index in [2.05, 4.69) is 20.5 Å². The molecule has 3 heterocycles. The second-order valence-electron chi connectivity index (χ2n) is 6.40. The number of rotatable bonds is 6. The van der Waals surface area contributed by atoms with Crippen molar-refractivity contribution in [2.45, 2.75) is 32.2 Å². The van der Waals surface area contributed by atoms with E-state index in [-0.39, 0.29) is 18.4 Å². The number of hydrogen-bond donors (Lipinski definition) is 2. The van der Waals surface area contributed by atoms with E-state index in [0.29, 0.717) is 12.1 Å². The lowest BCUT2D eigenvalue weighted by atomic mass is 10.2. The van der Waals surface area contributed by atoms with Gasteiger partial charge in [-0.15, -0.1) is 0 Å². The van der Waals surface area contributed by atoms with Crippen LogP contribution in [0.5, 0.6) is 0 Å². The van der Waals surface area contributed by atoms with E-state index >= 15 is 0 Å². The van der Waals surface area contributed by atoms with Crippen molar-refractivity contribution in [1.29, 1.82) is 0 Å². The van der Waals surface area contributed by atoms with Crippen molar-refractivity contribution in [1.82, 2.24) is 15.6 Å². The van der Waals surface area contributed by atoms with E-state index in [1.165, 1.54) is 38.2 Å². The highest BCUT2D eigenvalue weighted by atomic mass is 16.3. The fourth-order valence-electron chi connectivity index (χ4n) is 2.93. The van der Waals surface area contributed by atoms with Gasteiger partial charge >= 0.3 is 0 Å². The molecule has 2 aromatic rings. The van der Waals surface area contributed by atoms with E-state index in [0.717, 1.165) is 24.5 Å². The predicted molar refractivity (Wildman–Crippen MR) is 97.8 cm³/mol. The van der Waals surface area contributed by atoms with Crippen LogP contribution >= 0.6 is 0 Å². The second kappa shape index (κ2) is 9.03. The van der Waals surface area contributed by atoms with Gasteiger partial charge in [0.25, 0.3) is 5.91 Å². The lowest BCUT2D eigenvalue weighted by Crippen LogP contribution is -2.36. The van der Waals surface area contributed by atoms with Gasteiger partial charge in [0.1, 0.15) is 12.1 Å². The first kappa shape index (κ1) is 18.0. The van der Waals surface area contributed by atoms with Crippen LogP contribution in [-0.4, -0.2) is 36.4 Å². The van der Waals surface area contributed by atoms with Gasteiger partial charge in [0.2, 0.25) is 5.91 Å². The van der Waals surface area contributed by atoms with Crippen LogP contribution in [0.2, 0.25) is 0 Å². The average Bonchev–Trinajstić information content (AvgIpc) is 3.08. The molecule has 1 saturated heterocycles. The summed E-state index contributed by atoms with van der Waals surface area (Å²) in [6, 6.07) is 5.54. The maximum atomic E-state index is 11.9. The predicted octanol–water partition coefficient (Wildman–Crippen LogP) is 2.10. The molecule has 0 atom stereocenters. The molecule has 1 aliphatic rings. The van der Waals surface area contributed by atoms with Crippen LogP contribution in [-0.2, 0) is 11.3 Å². The van der Waals surface area contributed by atoms with Crippen molar-refractivity contribution < 1.29 is 14.0 Å². The Bertz CT molecular complexity index is 705. The molecule has 26 heavy (non-hydrogen) atoms. The van der Waals surface area contributed by atoms with Crippen molar-refractivity contribution in [2.24, 2.45) is 0 Å². The van der Waals surface area contributed by atoms with Gasteiger partial charge in [-0.3, -0.25) is 9.59 Å². The third-order valence-corrected chi connectivity index (χ3v) is 4.42. The molecule has 0 saturated carbocycles. The minimum absolute atomic E-state index is 0.0801. The molecule has 2 aromatic heterocycles. The molecule has 7 heteroatoms. The number of carbonyl (C=O) groups excluding carboxylic acids is 2. The van der Waals surface area contributed by atoms with Crippen LogP contribution in [0.15, 0.2) is 41.3 Å². The summed E-state index contributed by atoms with van der Waals surface area (Å²) in [5.74, 6) is 0.408. The van der Waals surface area contributed by atoms with Crippen LogP contribution < -0.4 is 15.5 Å². The zero-order valence-corrected chi connectivity index (χ0v) is 14.7. The summed E-state index contributed by atoms with van der Waals surface area (Å²) in [5.41, 5.74) is 1.32. The summed E-state index contributed by atoms with van der Waals surface area (Å²) >= 11 is 0. The highest BCUT2D eigenvalue weighted by Crippen LogP contribution is 2.17. The van der Waals surface area contributed by atoms with Gasteiger partial charge in [0.15, 0.2) is 0 Å². The van der Waals surface area contributed by atoms with Crippen LogP contribution in [0.3, 0.4) is 0 Å². The smallest absolute Gasteiger partial charge is 0.254 e. The van der Waals surface area contributed by atoms with Crippen LogP contribution in [0.25, 0.3) is 0 Å². The molecule has 0 aromatic carbocycles. The normalized spacial score (nSPS) is 14.5. The quantitative estimate of drug-likeness (QED) is 0.828. The van der Waals surface area contributed by atoms with Gasteiger partial charge in [-0.25, -0.2) is 4.98 Å². The molecule has 0 bridgehead atoms. The summed E-state index contributed by atoms with van der Waals surface area (Å²) < 4.78 is 4.84. The molecule has 138 valence electrons. The number of nitrogens with zero attached hydrogens (tertiary/aromatic N) is 2. The number of hydrogen-bond acceptors (Lipinski definition) is 5. The van der Waals surface area contributed by atoms with Crippen molar-refractivity contribution in [3.63, 3.8) is 0 Å². The first-order chi connectivity index (χ1) is 12.7. The number of furan rings is 1. The molecular formula is C19H24N4O3. The maximum absolute atomic E-state index is 11.9. The van der Waals surface area contributed by atoms with Gasteiger partial charge in [0, 0.05) is 25.8 Å². The van der Waals surface area contributed by atoms with Crippen LogP contribution in [0.1, 0.15) is 41.6 Å². The van der Waals surface area contributed by atoms with Crippen molar-refractivity contribution in [3.05, 3.63) is 48.0 Å². The Morgan fingerprint density at radius 1 is 1.08 bits per heavy atom. The maximum Gasteiger partial charge on any atom is 0.254 e. The zero-order valence-electron chi connectivity index (χ0n) is 14.7. The highest BCUT2D eigenvalue weighted by molar-refractivity contribution is 5.96. The molecule has 3 rings (SSSR count). The first-order valence-electron chi connectivity index (χ1n) is 8.99. The summed E-state index contributed by atoms with van der Waals surface area (Å²) in [4.78, 5) is 30.4. The standard InChI is InChI=1S/C19H24N4O3/c24-18(13-22-19(25)16-7-10-26-14-16)21-12-15-5-6-17(20-11-15)23-8-3-1-2-4-9-23/h5-7,10-11,14H,1-4,8-9,12-13H2,(H,21,24)(H,22,25). The second-order valence-corrected chi connectivity index (χ2v) is 6.40. The Kier molecular flexibility index (Phi) is 6.24. The number of anilines is 1. The average molecular weight is 356 g/mol. The first-order valence-corrected chi connectivity index (χ1v) is 8.99. The van der Waals surface area contributed by atoms with E-state index in [1.54, 1.807) is 12.3 Å². The summed E-state index contributed by atoms with van der Waals surface area (Å²) in [6.07, 6.45) is 9.55. The summed E-state index contributed by atoms with van der Waals surface area (Å²) in [6.45, 7) is 2.41. The van der Waals surface area contributed by atoms with Gasteiger partial charge in [-0.05, 0) is 30.5 Å². The molecule has 1 aliphatic heterocycles. The van der Waals surface area contributed by atoms with E-state index in [1.807, 2.05) is 12.1 Å². The molecular weight excluding hydrogens is 332 g/mol. The number of aromatic nitrogens is 1. The Hall–Kier alpha value is -2.83. The minimum Gasteiger partial charge on any atom is -0.472 e. The summed E-state index contributed by atoms with van der Waals surface area (Å²) in [7, 11) is 0. The molecule has 0 unspecified atom stereocenters. The molecule has 1 fully saturated rings. The van der Waals surface area contributed by atoms with Gasteiger partial charge < -0.3 is 20.0 Å². The molecule has 2 amide bonds. The monoisotopic (exact) mass is 356 g/mol. The number of pyridine rings is 1. The fourth-order valence-corrected chi connectivity index (χ4v) is 2.93. The molecule has 0 spiro atoms.